The Balaban J connectivity index is 1.53. The Kier molecular flexibility index (Phi) is 15.9. The minimum Gasteiger partial charge on any atom is -0.335 e. The van der Waals surface area contributed by atoms with Gasteiger partial charge >= 0.3 is 0 Å². The summed E-state index contributed by atoms with van der Waals surface area (Å²) in [5.41, 5.74) is 2.82. The van der Waals surface area contributed by atoms with Gasteiger partial charge in [-0.05, 0) is 30.4 Å². The van der Waals surface area contributed by atoms with Crippen LogP contribution >= 0.6 is 0 Å². The second kappa shape index (κ2) is 19.7. The van der Waals surface area contributed by atoms with Crippen LogP contribution in [0.4, 0.5) is 0 Å². The minimum absolute atomic E-state index is 0.0175. The Bertz CT molecular complexity index is 1020. The Morgan fingerprint density at radius 3 is 1.71 bits per heavy atom. The van der Waals surface area contributed by atoms with Crippen LogP contribution in [-0.2, 0) is 18.4 Å². The molecule has 0 fully saturated rings. The van der Waals surface area contributed by atoms with E-state index in [4.69, 9.17) is 4.98 Å². The van der Waals surface area contributed by atoms with Crippen LogP contribution in [0.2, 0.25) is 0 Å². The number of aryl methyl sites for hydroxylation is 1. The highest BCUT2D eigenvalue weighted by molar-refractivity contribution is 5.33. The molecule has 0 aliphatic carbocycles. The van der Waals surface area contributed by atoms with Crippen LogP contribution in [0.3, 0.4) is 0 Å². The van der Waals surface area contributed by atoms with E-state index in [2.05, 4.69) is 92.2 Å². The lowest BCUT2D eigenvalue weighted by molar-refractivity contribution is 0.324. The van der Waals surface area contributed by atoms with Gasteiger partial charge in [-0.2, -0.15) is 0 Å². The lowest BCUT2D eigenvalue weighted by Crippen LogP contribution is -2.35. The summed E-state index contributed by atoms with van der Waals surface area (Å²) in [6.07, 6.45) is 28.6. The number of nitrogens with zero attached hydrogens (tertiary/aromatic N) is 2. The third-order valence-electron chi connectivity index (χ3n) is 9.27. The molecule has 3 aromatic rings. The molecule has 1 heterocycles. The van der Waals surface area contributed by atoms with Crippen molar-refractivity contribution in [2.45, 2.75) is 154 Å². The molecule has 0 radical (unpaired) electrons. The molecule has 0 N–H and O–H groups in total. The fourth-order valence-electron chi connectivity index (χ4n) is 6.70. The van der Waals surface area contributed by atoms with Gasteiger partial charge in [-0.25, -0.2) is 4.98 Å². The Hall–Kier alpha value is -2.35. The molecule has 0 amide bonds. The van der Waals surface area contributed by atoms with Crippen molar-refractivity contribution in [2.24, 2.45) is 0 Å². The second-order valence-corrected chi connectivity index (χ2v) is 12.7. The molecule has 0 saturated carbocycles. The standard InChI is InChI=1S/C39H60N2/c1-4-6-8-9-10-11-12-13-14-15-16-17-18-25-32-41-33-31-40-38(41)37(30-7-5-2)39(3,36-28-23-20-24-29-36)34-35-26-21-19-22-27-35/h19-24,26-29,31,33,37H,4-18,25,30,32,34H2,1-3H3. The zero-order chi connectivity index (χ0) is 29.0. The summed E-state index contributed by atoms with van der Waals surface area (Å²) < 4.78 is 2.49. The van der Waals surface area contributed by atoms with E-state index < -0.39 is 0 Å². The van der Waals surface area contributed by atoms with Gasteiger partial charge in [0.05, 0.1) is 0 Å². The zero-order valence-corrected chi connectivity index (χ0v) is 26.8. The summed E-state index contributed by atoms with van der Waals surface area (Å²) in [5.74, 6) is 1.67. The van der Waals surface area contributed by atoms with Gasteiger partial charge in [-0.15, -0.1) is 0 Å². The van der Waals surface area contributed by atoms with Crippen molar-refractivity contribution in [3.8, 4) is 0 Å². The third kappa shape index (κ3) is 11.4. The number of imidazole rings is 1. The minimum atomic E-state index is -0.0175. The van der Waals surface area contributed by atoms with Crippen LogP contribution in [0, 0.1) is 0 Å². The van der Waals surface area contributed by atoms with Crippen LogP contribution < -0.4 is 0 Å². The SMILES string of the molecule is CCCCCCCCCCCCCCCCn1ccnc1C(CCCC)C(C)(Cc1ccccc1)c1ccccc1. The number of rotatable bonds is 23. The molecule has 0 bridgehead atoms. The number of hydrogen-bond acceptors (Lipinski definition) is 1. The van der Waals surface area contributed by atoms with Crippen molar-refractivity contribution in [1.29, 1.82) is 0 Å². The van der Waals surface area contributed by atoms with Crippen LogP contribution in [0.5, 0.6) is 0 Å². The van der Waals surface area contributed by atoms with Crippen LogP contribution in [0.1, 0.15) is 153 Å². The summed E-state index contributed by atoms with van der Waals surface area (Å²) in [6, 6.07) is 22.3. The Morgan fingerprint density at radius 2 is 1.15 bits per heavy atom. The first-order valence-electron chi connectivity index (χ1n) is 17.3. The number of unbranched alkanes of at least 4 members (excludes halogenated alkanes) is 14. The first-order chi connectivity index (χ1) is 20.2. The van der Waals surface area contributed by atoms with Crippen LogP contribution in [-0.4, -0.2) is 9.55 Å². The maximum Gasteiger partial charge on any atom is 0.112 e. The molecular weight excluding hydrogens is 496 g/mol. The normalized spacial score (nSPS) is 13.7. The number of aromatic nitrogens is 2. The quantitative estimate of drug-likeness (QED) is 0.106. The summed E-state index contributed by atoms with van der Waals surface area (Å²) in [5, 5.41) is 0. The molecule has 0 aliphatic heterocycles. The van der Waals surface area contributed by atoms with Gasteiger partial charge in [0.15, 0.2) is 0 Å². The molecule has 2 heteroatoms. The Labute approximate surface area is 253 Å². The van der Waals surface area contributed by atoms with E-state index in [-0.39, 0.29) is 5.41 Å². The maximum absolute atomic E-state index is 5.05. The lowest BCUT2D eigenvalue weighted by atomic mass is 9.66. The van der Waals surface area contributed by atoms with Crippen molar-refractivity contribution in [2.75, 3.05) is 0 Å². The highest BCUT2D eigenvalue weighted by atomic mass is 15.1. The molecule has 2 unspecified atom stereocenters. The predicted octanol–water partition coefficient (Wildman–Crippen LogP) is 11.8. The highest BCUT2D eigenvalue weighted by Crippen LogP contribution is 2.44. The van der Waals surface area contributed by atoms with Gasteiger partial charge in [0, 0.05) is 30.3 Å². The van der Waals surface area contributed by atoms with Crippen LogP contribution in [0.25, 0.3) is 0 Å². The van der Waals surface area contributed by atoms with Gasteiger partial charge in [0.2, 0.25) is 0 Å². The molecule has 0 aliphatic rings. The summed E-state index contributed by atoms with van der Waals surface area (Å²) >= 11 is 0. The smallest absolute Gasteiger partial charge is 0.112 e. The second-order valence-electron chi connectivity index (χ2n) is 12.7. The van der Waals surface area contributed by atoms with E-state index in [0.29, 0.717) is 5.92 Å². The van der Waals surface area contributed by atoms with Crippen molar-refractivity contribution in [3.05, 3.63) is 90.0 Å². The average molecular weight is 557 g/mol. The molecule has 1 aromatic heterocycles. The molecule has 3 rings (SSSR count). The fraction of sp³-hybridized carbons (Fsp3) is 0.615. The first-order valence-corrected chi connectivity index (χ1v) is 17.3. The zero-order valence-electron chi connectivity index (χ0n) is 26.8. The van der Waals surface area contributed by atoms with Crippen molar-refractivity contribution in [3.63, 3.8) is 0 Å². The molecule has 226 valence electrons. The molecule has 2 aromatic carbocycles. The van der Waals surface area contributed by atoms with E-state index in [1.54, 1.807) is 0 Å². The molecule has 2 atom stereocenters. The fourth-order valence-corrected chi connectivity index (χ4v) is 6.70. The summed E-state index contributed by atoms with van der Waals surface area (Å²) in [7, 11) is 0. The van der Waals surface area contributed by atoms with Gasteiger partial charge in [0.1, 0.15) is 5.82 Å². The van der Waals surface area contributed by atoms with E-state index in [1.165, 1.54) is 126 Å². The van der Waals surface area contributed by atoms with E-state index >= 15 is 0 Å². The predicted molar refractivity (Wildman–Crippen MR) is 179 cm³/mol. The summed E-state index contributed by atoms with van der Waals surface area (Å²) in [4.78, 5) is 5.05. The monoisotopic (exact) mass is 556 g/mol. The molecule has 2 nitrogen and oxygen atoms in total. The van der Waals surface area contributed by atoms with E-state index in [9.17, 15) is 0 Å². The molecule has 41 heavy (non-hydrogen) atoms. The van der Waals surface area contributed by atoms with Gasteiger partial charge < -0.3 is 4.57 Å². The largest absolute Gasteiger partial charge is 0.335 e. The number of benzene rings is 2. The van der Waals surface area contributed by atoms with Gasteiger partial charge in [-0.3, -0.25) is 0 Å². The van der Waals surface area contributed by atoms with E-state index in [0.717, 1.165) is 13.0 Å². The van der Waals surface area contributed by atoms with Crippen LogP contribution in [0.15, 0.2) is 73.1 Å². The van der Waals surface area contributed by atoms with Crippen molar-refractivity contribution < 1.29 is 0 Å². The highest BCUT2D eigenvalue weighted by Gasteiger charge is 2.39. The molecule has 0 saturated heterocycles. The average Bonchev–Trinajstić information content (AvgIpc) is 3.46. The third-order valence-corrected chi connectivity index (χ3v) is 9.27. The Morgan fingerprint density at radius 1 is 0.634 bits per heavy atom. The van der Waals surface area contributed by atoms with E-state index in [1.807, 2.05) is 6.20 Å². The lowest BCUT2D eigenvalue weighted by Gasteiger charge is -2.39. The molecule has 0 spiro atoms. The molecular formula is C39H60N2. The van der Waals surface area contributed by atoms with Crippen molar-refractivity contribution in [1.82, 2.24) is 9.55 Å². The first kappa shape index (κ1) is 33.2. The maximum atomic E-state index is 5.05. The van der Waals surface area contributed by atoms with Crippen molar-refractivity contribution >= 4 is 0 Å². The van der Waals surface area contributed by atoms with Gasteiger partial charge in [-0.1, -0.05) is 178 Å². The number of hydrogen-bond donors (Lipinski definition) is 0. The summed E-state index contributed by atoms with van der Waals surface area (Å²) in [6.45, 7) is 8.19. The topological polar surface area (TPSA) is 17.8 Å². The van der Waals surface area contributed by atoms with Gasteiger partial charge in [0.25, 0.3) is 0 Å².